The first-order valence-corrected chi connectivity index (χ1v) is 12.5. The van der Waals surface area contributed by atoms with E-state index in [0.717, 1.165) is 30.4 Å². The van der Waals surface area contributed by atoms with Crippen molar-refractivity contribution in [2.75, 3.05) is 11.5 Å². The van der Waals surface area contributed by atoms with Gasteiger partial charge in [0.2, 0.25) is 11.8 Å². The molecule has 0 unspecified atom stereocenters. The predicted octanol–water partition coefficient (Wildman–Crippen LogP) is 4.89. The third-order valence-corrected chi connectivity index (χ3v) is 8.07. The summed E-state index contributed by atoms with van der Waals surface area (Å²) >= 11 is 0. The summed E-state index contributed by atoms with van der Waals surface area (Å²) in [6.07, 6.45) is 3.16. The summed E-state index contributed by atoms with van der Waals surface area (Å²) in [6, 6.07) is 21.7. The average Bonchev–Trinajstić information content (AvgIpc) is 3.17. The highest BCUT2D eigenvalue weighted by Gasteiger charge is 2.71. The summed E-state index contributed by atoms with van der Waals surface area (Å²) in [5.41, 5.74) is 1.68. The van der Waals surface area contributed by atoms with Gasteiger partial charge < -0.3 is 9.84 Å². The first-order valence-electron chi connectivity index (χ1n) is 12.5. The number of nitrogens with zero attached hydrogens (tertiary/aromatic N) is 1. The molecule has 1 saturated heterocycles. The SMILES string of the molecule is CCCCCOc1ccc(N2C(=O)[C@@H]3C4c5ccccc5C(C(=O)O)(c5ccccc54)[C@H]3C2=O)cc1. The quantitative estimate of drug-likeness (QED) is 0.384. The fourth-order valence-electron chi connectivity index (χ4n) is 6.62. The van der Waals surface area contributed by atoms with Crippen molar-refractivity contribution in [2.45, 2.75) is 37.5 Å². The number of anilines is 1. The second kappa shape index (κ2) is 8.33. The van der Waals surface area contributed by atoms with Gasteiger partial charge in [-0.25, -0.2) is 4.90 Å². The molecule has 4 aliphatic rings. The van der Waals surface area contributed by atoms with Crippen molar-refractivity contribution in [3.63, 3.8) is 0 Å². The van der Waals surface area contributed by atoms with Crippen LogP contribution in [0.2, 0.25) is 0 Å². The third-order valence-electron chi connectivity index (χ3n) is 8.07. The van der Waals surface area contributed by atoms with Gasteiger partial charge in [0.05, 0.1) is 24.1 Å². The van der Waals surface area contributed by atoms with Gasteiger partial charge in [-0.05, 0) is 52.9 Å². The van der Waals surface area contributed by atoms with E-state index in [1.165, 1.54) is 4.90 Å². The molecule has 0 aromatic heterocycles. The Bertz CT molecular complexity index is 1330. The summed E-state index contributed by atoms with van der Waals surface area (Å²) in [4.78, 5) is 42.3. The minimum atomic E-state index is -1.61. The molecule has 6 nitrogen and oxygen atoms in total. The number of carbonyl (C=O) groups is 3. The van der Waals surface area contributed by atoms with Crippen molar-refractivity contribution >= 4 is 23.5 Å². The maximum absolute atomic E-state index is 14.0. The number of ether oxygens (including phenoxy) is 1. The van der Waals surface area contributed by atoms with Gasteiger partial charge in [-0.2, -0.15) is 0 Å². The first kappa shape index (κ1) is 22.5. The first-order chi connectivity index (χ1) is 17.5. The zero-order valence-corrected chi connectivity index (χ0v) is 20.0. The lowest BCUT2D eigenvalue weighted by atomic mass is 9.47. The predicted molar refractivity (Wildman–Crippen MR) is 134 cm³/mol. The highest BCUT2D eigenvalue weighted by molar-refractivity contribution is 6.25. The van der Waals surface area contributed by atoms with Gasteiger partial charge in [0.1, 0.15) is 11.2 Å². The van der Waals surface area contributed by atoms with Crippen LogP contribution in [0.4, 0.5) is 5.69 Å². The second-order valence-electron chi connectivity index (χ2n) is 9.83. The number of unbranched alkanes of at least 4 members (excludes halogenated alkanes) is 2. The Kier molecular flexibility index (Phi) is 5.21. The smallest absolute Gasteiger partial charge is 0.319 e. The topological polar surface area (TPSA) is 83.9 Å². The molecule has 3 aliphatic carbocycles. The minimum Gasteiger partial charge on any atom is -0.494 e. The van der Waals surface area contributed by atoms with E-state index in [9.17, 15) is 19.5 Å². The lowest BCUT2D eigenvalue weighted by Crippen LogP contribution is -2.57. The molecule has 182 valence electrons. The summed E-state index contributed by atoms with van der Waals surface area (Å²) < 4.78 is 5.78. The largest absolute Gasteiger partial charge is 0.494 e. The Morgan fingerprint density at radius 1 is 0.889 bits per heavy atom. The Hall–Kier alpha value is -3.93. The number of aliphatic carboxylic acids is 1. The molecule has 6 heteroatoms. The average molecular weight is 482 g/mol. The lowest BCUT2D eigenvalue weighted by Gasteiger charge is -2.51. The summed E-state index contributed by atoms with van der Waals surface area (Å²) in [5, 5.41) is 10.8. The number of amides is 2. The Morgan fingerprint density at radius 3 is 2.08 bits per heavy atom. The van der Waals surface area contributed by atoms with E-state index < -0.39 is 29.1 Å². The monoisotopic (exact) mass is 481 g/mol. The number of hydrogen-bond acceptors (Lipinski definition) is 4. The summed E-state index contributed by atoms with van der Waals surface area (Å²) in [6.45, 7) is 2.74. The number of carbonyl (C=O) groups excluding carboxylic acids is 2. The zero-order chi connectivity index (χ0) is 25.0. The third kappa shape index (κ3) is 2.87. The van der Waals surface area contributed by atoms with Gasteiger partial charge in [0, 0.05) is 5.92 Å². The summed E-state index contributed by atoms with van der Waals surface area (Å²) in [5.74, 6) is -3.39. The molecule has 0 saturated carbocycles. The van der Waals surface area contributed by atoms with E-state index in [4.69, 9.17) is 4.74 Å². The molecular formula is C30H27NO5. The Morgan fingerprint density at radius 2 is 1.50 bits per heavy atom. The van der Waals surface area contributed by atoms with Crippen LogP contribution in [0.1, 0.15) is 54.4 Å². The molecule has 1 heterocycles. The Balaban J connectivity index is 1.44. The minimum absolute atomic E-state index is 0.346. The van der Waals surface area contributed by atoms with Crippen LogP contribution in [0, 0.1) is 11.8 Å². The number of benzene rings is 3. The maximum Gasteiger partial charge on any atom is 0.319 e. The van der Waals surface area contributed by atoms with Gasteiger partial charge in [0.25, 0.3) is 0 Å². The fraction of sp³-hybridized carbons (Fsp3) is 0.300. The number of carboxylic acids is 1. The van der Waals surface area contributed by atoms with E-state index in [-0.39, 0.29) is 11.8 Å². The van der Waals surface area contributed by atoms with Crippen LogP contribution >= 0.6 is 0 Å². The van der Waals surface area contributed by atoms with Crippen LogP contribution in [0.15, 0.2) is 72.8 Å². The fourth-order valence-corrected chi connectivity index (χ4v) is 6.62. The van der Waals surface area contributed by atoms with E-state index in [0.29, 0.717) is 29.2 Å². The molecule has 36 heavy (non-hydrogen) atoms. The molecule has 3 aromatic carbocycles. The number of imide groups is 1. The highest BCUT2D eigenvalue weighted by Crippen LogP contribution is 2.64. The van der Waals surface area contributed by atoms with E-state index >= 15 is 0 Å². The van der Waals surface area contributed by atoms with Gasteiger partial charge in [0.15, 0.2) is 0 Å². The van der Waals surface area contributed by atoms with E-state index in [1.54, 1.807) is 48.5 Å². The van der Waals surface area contributed by atoms with Crippen molar-refractivity contribution in [3.8, 4) is 5.75 Å². The van der Waals surface area contributed by atoms with Crippen molar-refractivity contribution in [3.05, 3.63) is 95.1 Å². The lowest BCUT2D eigenvalue weighted by molar-refractivity contribution is -0.149. The van der Waals surface area contributed by atoms with Gasteiger partial charge in [-0.1, -0.05) is 68.3 Å². The normalized spacial score (nSPS) is 25.4. The van der Waals surface area contributed by atoms with Gasteiger partial charge >= 0.3 is 5.97 Å². The van der Waals surface area contributed by atoms with Crippen molar-refractivity contribution in [1.82, 2.24) is 0 Å². The maximum atomic E-state index is 14.0. The Labute approximate surface area is 209 Å². The molecule has 0 radical (unpaired) electrons. The van der Waals surface area contributed by atoms with Crippen LogP contribution in [-0.4, -0.2) is 29.5 Å². The molecule has 2 amide bonds. The standard InChI is InChI=1S/C30H27NO5/c1-2-3-8-17-36-19-15-13-18(14-16-19)31-27(32)25-24-20-9-4-6-11-22(20)30(29(34)35,26(25)28(31)33)23-12-7-5-10-21(23)24/h4-7,9-16,24-26H,2-3,8,17H2,1H3,(H,34,35)/t24?,25-,26-,30?/m1/s1. The van der Waals surface area contributed by atoms with Crippen LogP contribution in [-0.2, 0) is 19.8 Å². The molecule has 1 N–H and O–H groups in total. The molecular weight excluding hydrogens is 454 g/mol. The highest BCUT2D eigenvalue weighted by atomic mass is 16.5. The molecule has 2 bridgehead atoms. The van der Waals surface area contributed by atoms with Crippen LogP contribution < -0.4 is 9.64 Å². The number of hydrogen-bond donors (Lipinski definition) is 1. The van der Waals surface area contributed by atoms with Crippen LogP contribution in [0.3, 0.4) is 0 Å². The van der Waals surface area contributed by atoms with Crippen LogP contribution in [0.25, 0.3) is 0 Å². The zero-order valence-electron chi connectivity index (χ0n) is 20.0. The van der Waals surface area contributed by atoms with E-state index in [2.05, 4.69) is 6.92 Å². The van der Waals surface area contributed by atoms with E-state index in [1.807, 2.05) is 24.3 Å². The second-order valence-corrected chi connectivity index (χ2v) is 9.83. The van der Waals surface area contributed by atoms with Gasteiger partial charge in [-0.3, -0.25) is 14.4 Å². The molecule has 2 atom stereocenters. The summed E-state index contributed by atoms with van der Waals surface area (Å²) in [7, 11) is 0. The molecule has 7 rings (SSSR count). The van der Waals surface area contributed by atoms with Crippen molar-refractivity contribution in [2.24, 2.45) is 11.8 Å². The number of rotatable bonds is 7. The van der Waals surface area contributed by atoms with Crippen molar-refractivity contribution in [1.29, 1.82) is 0 Å². The van der Waals surface area contributed by atoms with Crippen molar-refractivity contribution < 1.29 is 24.2 Å². The molecule has 0 spiro atoms. The molecule has 1 fully saturated rings. The van der Waals surface area contributed by atoms with Crippen LogP contribution in [0.5, 0.6) is 5.75 Å². The number of carboxylic acid groups (broad SMARTS) is 1. The van der Waals surface area contributed by atoms with Gasteiger partial charge in [-0.15, -0.1) is 0 Å². The molecule has 3 aromatic rings. The molecule has 1 aliphatic heterocycles.